The van der Waals surface area contributed by atoms with Gasteiger partial charge in [0.15, 0.2) is 6.61 Å². The van der Waals surface area contributed by atoms with Crippen LogP contribution in [0.25, 0.3) is 0 Å². The van der Waals surface area contributed by atoms with E-state index in [0.717, 1.165) is 0 Å². The lowest BCUT2D eigenvalue weighted by atomic mass is 10.3. The summed E-state index contributed by atoms with van der Waals surface area (Å²) in [5.74, 6) is 0.297. The second-order valence-electron chi connectivity index (χ2n) is 4.28. The summed E-state index contributed by atoms with van der Waals surface area (Å²) in [6.07, 6.45) is 0. The SMILES string of the molecule is O=C(COc1ccc(N=C=S)cc1)Nc1ccc(N=C=S)cc1. The summed E-state index contributed by atoms with van der Waals surface area (Å²) in [5, 5.41) is 7.28. The first-order valence-electron chi connectivity index (χ1n) is 6.50. The van der Waals surface area contributed by atoms with Crippen LogP contribution in [0.5, 0.6) is 5.75 Å². The standard InChI is InChI=1S/C16H11N3O2S2/c20-16(19-14-3-1-12(2-4-14)17-10-22)9-21-15-7-5-13(6-8-15)18-11-23/h1-8H,9H2,(H,19,20). The van der Waals surface area contributed by atoms with Crippen molar-refractivity contribution in [1.29, 1.82) is 0 Å². The Morgan fingerprint density at radius 2 is 1.48 bits per heavy atom. The van der Waals surface area contributed by atoms with E-state index in [9.17, 15) is 4.79 Å². The number of amides is 1. The van der Waals surface area contributed by atoms with Gasteiger partial charge in [-0.15, -0.1) is 0 Å². The Balaban J connectivity index is 1.86. The average Bonchev–Trinajstić information content (AvgIpc) is 2.57. The van der Waals surface area contributed by atoms with Crippen molar-refractivity contribution in [1.82, 2.24) is 0 Å². The van der Waals surface area contributed by atoms with Gasteiger partial charge in [-0.25, -0.2) is 0 Å². The molecule has 2 aromatic rings. The molecule has 2 rings (SSSR count). The number of ether oxygens (including phenoxy) is 1. The van der Waals surface area contributed by atoms with Crippen LogP contribution in [0.4, 0.5) is 17.1 Å². The van der Waals surface area contributed by atoms with Gasteiger partial charge in [0, 0.05) is 5.69 Å². The summed E-state index contributed by atoms with van der Waals surface area (Å²) in [6.45, 7) is -0.102. The highest BCUT2D eigenvalue weighted by Crippen LogP contribution is 2.18. The van der Waals surface area contributed by atoms with Crippen molar-refractivity contribution in [3.05, 3.63) is 48.5 Å². The predicted octanol–water partition coefficient (Wildman–Crippen LogP) is 4.17. The molecule has 23 heavy (non-hydrogen) atoms. The first kappa shape index (κ1) is 16.7. The summed E-state index contributed by atoms with van der Waals surface area (Å²) >= 11 is 9.04. The second-order valence-corrected chi connectivity index (χ2v) is 4.65. The predicted molar refractivity (Wildman–Crippen MR) is 96.4 cm³/mol. The van der Waals surface area contributed by atoms with Gasteiger partial charge in [-0.3, -0.25) is 4.79 Å². The van der Waals surface area contributed by atoms with E-state index in [1.54, 1.807) is 48.5 Å². The highest BCUT2D eigenvalue weighted by Gasteiger charge is 2.04. The third kappa shape index (κ3) is 5.54. The molecule has 0 saturated carbocycles. The van der Waals surface area contributed by atoms with Gasteiger partial charge in [0.25, 0.3) is 5.91 Å². The van der Waals surface area contributed by atoms with E-state index in [1.807, 2.05) is 0 Å². The van der Waals surface area contributed by atoms with Crippen LogP contribution in [0, 0.1) is 0 Å². The van der Waals surface area contributed by atoms with E-state index in [4.69, 9.17) is 4.74 Å². The molecule has 0 radical (unpaired) electrons. The molecule has 5 nitrogen and oxygen atoms in total. The van der Waals surface area contributed by atoms with Gasteiger partial charge >= 0.3 is 0 Å². The summed E-state index contributed by atoms with van der Waals surface area (Å²) in [7, 11) is 0. The van der Waals surface area contributed by atoms with Crippen LogP contribution in [0.2, 0.25) is 0 Å². The number of hydrogen-bond acceptors (Lipinski definition) is 6. The van der Waals surface area contributed by atoms with Crippen LogP contribution in [-0.2, 0) is 4.79 Å². The van der Waals surface area contributed by atoms with Crippen molar-refractivity contribution in [2.75, 3.05) is 11.9 Å². The topological polar surface area (TPSA) is 63.0 Å². The molecule has 0 unspecified atom stereocenters. The minimum atomic E-state index is -0.267. The fourth-order valence-corrected chi connectivity index (χ4v) is 1.90. The van der Waals surface area contributed by atoms with Crippen LogP contribution in [0.15, 0.2) is 58.5 Å². The zero-order valence-electron chi connectivity index (χ0n) is 11.9. The van der Waals surface area contributed by atoms with Crippen LogP contribution in [-0.4, -0.2) is 22.8 Å². The molecule has 0 aliphatic rings. The molecule has 0 aromatic heterocycles. The minimum Gasteiger partial charge on any atom is -0.484 e. The maximum absolute atomic E-state index is 11.8. The van der Waals surface area contributed by atoms with E-state index >= 15 is 0 Å². The first-order valence-corrected chi connectivity index (χ1v) is 7.31. The Labute approximate surface area is 143 Å². The zero-order valence-corrected chi connectivity index (χ0v) is 13.5. The van der Waals surface area contributed by atoms with Gasteiger partial charge < -0.3 is 10.1 Å². The average molecular weight is 341 g/mol. The zero-order chi connectivity index (χ0) is 16.5. The number of thiocarbonyl (C=S) groups is 2. The molecular weight excluding hydrogens is 330 g/mol. The fourth-order valence-electron chi connectivity index (χ4n) is 1.69. The van der Waals surface area contributed by atoms with Crippen molar-refractivity contribution in [2.24, 2.45) is 9.98 Å². The number of aliphatic imine (C=N–C) groups is 2. The molecule has 0 spiro atoms. The quantitative estimate of drug-likeness (QED) is 0.632. The number of isothiocyanates is 2. The van der Waals surface area contributed by atoms with E-state index in [2.05, 4.69) is 50.1 Å². The third-order valence-electron chi connectivity index (χ3n) is 2.71. The Hall–Kier alpha value is -2.69. The summed E-state index contributed by atoms with van der Waals surface area (Å²) in [5.41, 5.74) is 2.00. The highest BCUT2D eigenvalue weighted by atomic mass is 32.1. The summed E-state index contributed by atoms with van der Waals surface area (Å²) < 4.78 is 5.39. The Morgan fingerprint density at radius 1 is 0.957 bits per heavy atom. The normalized spacial score (nSPS) is 9.22. The molecular formula is C16H11N3O2S2. The molecule has 0 fully saturated rings. The third-order valence-corrected chi connectivity index (χ3v) is 2.89. The Morgan fingerprint density at radius 3 is 2.00 bits per heavy atom. The molecule has 0 bridgehead atoms. The maximum Gasteiger partial charge on any atom is 0.262 e. The fraction of sp³-hybridized carbons (Fsp3) is 0.0625. The molecule has 0 saturated heterocycles. The molecule has 7 heteroatoms. The number of nitrogens with one attached hydrogen (secondary N) is 1. The molecule has 0 atom stereocenters. The molecule has 2 aromatic carbocycles. The summed E-state index contributed by atoms with van der Waals surface area (Å²) in [6, 6.07) is 13.8. The van der Waals surface area contributed by atoms with Crippen molar-refractivity contribution < 1.29 is 9.53 Å². The molecule has 1 amide bonds. The highest BCUT2D eigenvalue weighted by molar-refractivity contribution is 7.78. The lowest BCUT2D eigenvalue weighted by Crippen LogP contribution is -2.20. The van der Waals surface area contributed by atoms with Crippen molar-refractivity contribution in [2.45, 2.75) is 0 Å². The number of rotatable bonds is 6. The lowest BCUT2D eigenvalue weighted by Gasteiger charge is -2.07. The van der Waals surface area contributed by atoms with E-state index in [1.165, 1.54) is 0 Å². The van der Waals surface area contributed by atoms with Crippen LogP contribution in [0.3, 0.4) is 0 Å². The first-order chi connectivity index (χ1) is 11.2. The van der Waals surface area contributed by atoms with Crippen molar-refractivity contribution >= 4 is 57.7 Å². The molecule has 0 heterocycles. The number of benzene rings is 2. The second kappa shape index (κ2) is 8.68. The van der Waals surface area contributed by atoms with Gasteiger partial charge in [0.05, 0.1) is 21.7 Å². The maximum atomic E-state index is 11.8. The van der Waals surface area contributed by atoms with E-state index in [-0.39, 0.29) is 12.5 Å². The number of hydrogen-bond donors (Lipinski definition) is 1. The molecule has 1 N–H and O–H groups in total. The van der Waals surface area contributed by atoms with Gasteiger partial charge in [-0.2, -0.15) is 9.98 Å². The number of anilines is 1. The van der Waals surface area contributed by atoms with Crippen LogP contribution >= 0.6 is 24.4 Å². The van der Waals surface area contributed by atoms with Crippen LogP contribution < -0.4 is 10.1 Å². The van der Waals surface area contributed by atoms with Crippen molar-refractivity contribution in [3.8, 4) is 5.75 Å². The van der Waals surface area contributed by atoms with Gasteiger partial charge in [0.1, 0.15) is 5.75 Å². The van der Waals surface area contributed by atoms with E-state index in [0.29, 0.717) is 22.8 Å². The minimum absolute atomic E-state index is 0.102. The van der Waals surface area contributed by atoms with Crippen LogP contribution in [0.1, 0.15) is 0 Å². The number of nitrogens with zero attached hydrogens (tertiary/aromatic N) is 2. The van der Waals surface area contributed by atoms with Crippen molar-refractivity contribution in [3.63, 3.8) is 0 Å². The molecule has 0 aliphatic heterocycles. The smallest absolute Gasteiger partial charge is 0.262 e. The van der Waals surface area contributed by atoms with E-state index < -0.39 is 0 Å². The lowest BCUT2D eigenvalue weighted by molar-refractivity contribution is -0.118. The van der Waals surface area contributed by atoms with Gasteiger partial charge in [-0.1, -0.05) is 0 Å². The Kier molecular flexibility index (Phi) is 6.29. The number of carbonyl (C=O) groups excluding carboxylic acids is 1. The summed E-state index contributed by atoms with van der Waals surface area (Å²) in [4.78, 5) is 19.5. The van der Waals surface area contributed by atoms with Gasteiger partial charge in [0.2, 0.25) is 0 Å². The van der Waals surface area contributed by atoms with Gasteiger partial charge in [-0.05, 0) is 73.0 Å². The molecule has 0 aliphatic carbocycles. The Bertz CT molecular complexity index is 776. The number of carbonyl (C=O) groups is 1. The largest absolute Gasteiger partial charge is 0.484 e. The monoisotopic (exact) mass is 341 g/mol. The molecule has 114 valence electrons.